The van der Waals surface area contributed by atoms with E-state index in [2.05, 4.69) is 37.4 Å². The summed E-state index contributed by atoms with van der Waals surface area (Å²) in [6.45, 7) is 8.93. The minimum atomic E-state index is -0.144. The number of benzene rings is 2. The third-order valence-electron chi connectivity index (χ3n) is 3.74. The van der Waals surface area contributed by atoms with Crippen molar-refractivity contribution in [1.29, 1.82) is 0 Å². The predicted molar refractivity (Wildman–Crippen MR) is 82.6 cm³/mol. The van der Waals surface area contributed by atoms with E-state index < -0.39 is 0 Å². The van der Waals surface area contributed by atoms with Gasteiger partial charge in [-0.1, -0.05) is 37.3 Å². The SMILES string of the molecule is CCNC(c1ccc(C)c(C)c1)c1ccc(C)cc1F. The van der Waals surface area contributed by atoms with Gasteiger partial charge in [0.05, 0.1) is 6.04 Å². The van der Waals surface area contributed by atoms with Gasteiger partial charge in [-0.3, -0.25) is 0 Å². The molecule has 20 heavy (non-hydrogen) atoms. The van der Waals surface area contributed by atoms with E-state index in [1.165, 1.54) is 11.1 Å². The fourth-order valence-electron chi connectivity index (χ4n) is 2.42. The summed E-state index contributed by atoms with van der Waals surface area (Å²) in [5.74, 6) is -0.144. The molecule has 0 heterocycles. The summed E-state index contributed by atoms with van der Waals surface area (Å²) in [6, 6.07) is 11.7. The van der Waals surface area contributed by atoms with Gasteiger partial charge < -0.3 is 5.32 Å². The molecule has 2 heteroatoms. The molecule has 0 aliphatic heterocycles. The maximum absolute atomic E-state index is 14.2. The van der Waals surface area contributed by atoms with Crippen LogP contribution in [0.5, 0.6) is 0 Å². The van der Waals surface area contributed by atoms with Crippen LogP contribution in [0, 0.1) is 26.6 Å². The van der Waals surface area contributed by atoms with Gasteiger partial charge in [0.15, 0.2) is 0 Å². The molecule has 0 amide bonds. The van der Waals surface area contributed by atoms with Gasteiger partial charge in [-0.15, -0.1) is 0 Å². The van der Waals surface area contributed by atoms with Crippen molar-refractivity contribution in [1.82, 2.24) is 5.32 Å². The van der Waals surface area contributed by atoms with Gasteiger partial charge >= 0.3 is 0 Å². The molecule has 0 bridgehead atoms. The zero-order valence-corrected chi connectivity index (χ0v) is 12.6. The molecule has 0 aromatic heterocycles. The Labute approximate surface area is 120 Å². The summed E-state index contributed by atoms with van der Waals surface area (Å²) in [6.07, 6.45) is 0. The molecule has 2 aromatic carbocycles. The third-order valence-corrected chi connectivity index (χ3v) is 3.74. The number of aryl methyl sites for hydroxylation is 3. The monoisotopic (exact) mass is 271 g/mol. The van der Waals surface area contributed by atoms with Crippen LogP contribution in [0.3, 0.4) is 0 Å². The molecular weight excluding hydrogens is 249 g/mol. The van der Waals surface area contributed by atoms with Crippen LogP contribution in [-0.4, -0.2) is 6.54 Å². The van der Waals surface area contributed by atoms with Crippen LogP contribution in [0.25, 0.3) is 0 Å². The summed E-state index contributed by atoms with van der Waals surface area (Å²) in [4.78, 5) is 0. The Balaban J connectivity index is 2.47. The molecule has 0 spiro atoms. The number of hydrogen-bond donors (Lipinski definition) is 1. The predicted octanol–water partition coefficient (Wildman–Crippen LogP) is 4.45. The second kappa shape index (κ2) is 6.19. The van der Waals surface area contributed by atoms with Crippen molar-refractivity contribution in [3.63, 3.8) is 0 Å². The summed E-state index contributed by atoms with van der Waals surface area (Å²) in [5, 5.41) is 3.38. The Morgan fingerprint density at radius 2 is 1.75 bits per heavy atom. The topological polar surface area (TPSA) is 12.0 Å². The third kappa shape index (κ3) is 3.07. The molecule has 1 nitrogen and oxygen atoms in total. The quantitative estimate of drug-likeness (QED) is 0.866. The molecule has 1 unspecified atom stereocenters. The number of halogens is 1. The standard InChI is InChI=1S/C18H22FN/c1-5-20-18(15-8-7-13(3)14(4)11-15)16-9-6-12(2)10-17(16)19/h6-11,18,20H,5H2,1-4H3. The second-order valence-corrected chi connectivity index (χ2v) is 5.36. The summed E-state index contributed by atoms with van der Waals surface area (Å²) >= 11 is 0. The average molecular weight is 271 g/mol. The maximum Gasteiger partial charge on any atom is 0.128 e. The zero-order valence-electron chi connectivity index (χ0n) is 12.6. The van der Waals surface area contributed by atoms with E-state index in [4.69, 9.17) is 0 Å². The van der Waals surface area contributed by atoms with E-state index in [1.807, 2.05) is 26.0 Å². The Kier molecular flexibility index (Phi) is 4.56. The molecule has 0 radical (unpaired) electrons. The van der Waals surface area contributed by atoms with Gasteiger partial charge in [0.2, 0.25) is 0 Å². The molecule has 0 fully saturated rings. The summed E-state index contributed by atoms with van der Waals surface area (Å²) in [7, 11) is 0. The Hall–Kier alpha value is -1.67. The van der Waals surface area contributed by atoms with E-state index >= 15 is 0 Å². The molecule has 0 aliphatic carbocycles. The normalized spacial score (nSPS) is 12.4. The van der Waals surface area contributed by atoms with Crippen LogP contribution >= 0.6 is 0 Å². The van der Waals surface area contributed by atoms with Gasteiger partial charge in [-0.2, -0.15) is 0 Å². The first-order valence-electron chi connectivity index (χ1n) is 7.09. The van der Waals surface area contributed by atoms with Crippen LogP contribution in [0.15, 0.2) is 36.4 Å². The molecule has 0 aliphatic rings. The van der Waals surface area contributed by atoms with Crippen LogP contribution in [0.2, 0.25) is 0 Å². The molecule has 1 atom stereocenters. The summed E-state index contributed by atoms with van der Waals surface area (Å²) in [5.41, 5.74) is 5.26. The van der Waals surface area contributed by atoms with Crippen molar-refractivity contribution in [3.05, 3.63) is 70.0 Å². The first-order valence-corrected chi connectivity index (χ1v) is 7.09. The largest absolute Gasteiger partial charge is 0.306 e. The minimum absolute atomic E-state index is 0.0973. The van der Waals surface area contributed by atoms with Crippen LogP contribution in [0.1, 0.15) is 40.8 Å². The minimum Gasteiger partial charge on any atom is -0.306 e. The molecular formula is C18H22FN. The molecule has 0 saturated heterocycles. The van der Waals surface area contributed by atoms with Gasteiger partial charge in [-0.05, 0) is 55.6 Å². The molecule has 1 N–H and O–H groups in total. The van der Waals surface area contributed by atoms with Gasteiger partial charge in [-0.25, -0.2) is 4.39 Å². The lowest BCUT2D eigenvalue weighted by atomic mass is 9.94. The number of hydrogen-bond acceptors (Lipinski definition) is 1. The maximum atomic E-state index is 14.2. The first-order chi connectivity index (χ1) is 9.52. The first kappa shape index (κ1) is 14.7. The van der Waals surface area contributed by atoms with E-state index in [0.717, 1.165) is 17.7 Å². The van der Waals surface area contributed by atoms with Gasteiger partial charge in [0.25, 0.3) is 0 Å². The average Bonchev–Trinajstić information content (AvgIpc) is 2.40. The zero-order chi connectivity index (χ0) is 14.7. The van der Waals surface area contributed by atoms with E-state index in [1.54, 1.807) is 6.07 Å². The summed E-state index contributed by atoms with van der Waals surface area (Å²) < 4.78 is 14.2. The van der Waals surface area contributed by atoms with Crippen molar-refractivity contribution in [2.24, 2.45) is 0 Å². The fourth-order valence-corrected chi connectivity index (χ4v) is 2.42. The van der Waals surface area contributed by atoms with Crippen molar-refractivity contribution in [2.45, 2.75) is 33.7 Å². The van der Waals surface area contributed by atoms with Crippen molar-refractivity contribution in [3.8, 4) is 0 Å². The molecule has 0 saturated carbocycles. The van der Waals surface area contributed by atoms with Crippen LogP contribution in [-0.2, 0) is 0 Å². The number of nitrogens with one attached hydrogen (secondary N) is 1. The van der Waals surface area contributed by atoms with Gasteiger partial charge in [0.1, 0.15) is 5.82 Å². The van der Waals surface area contributed by atoms with Crippen LogP contribution < -0.4 is 5.32 Å². The van der Waals surface area contributed by atoms with Gasteiger partial charge in [0, 0.05) is 5.56 Å². The Morgan fingerprint density at radius 1 is 1.00 bits per heavy atom. The highest BCUT2D eigenvalue weighted by Gasteiger charge is 2.17. The lowest BCUT2D eigenvalue weighted by Gasteiger charge is -2.21. The molecule has 106 valence electrons. The molecule has 2 rings (SSSR count). The lowest BCUT2D eigenvalue weighted by molar-refractivity contribution is 0.558. The Morgan fingerprint density at radius 3 is 2.35 bits per heavy atom. The van der Waals surface area contributed by atoms with Crippen molar-refractivity contribution < 1.29 is 4.39 Å². The van der Waals surface area contributed by atoms with E-state index in [-0.39, 0.29) is 11.9 Å². The highest BCUT2D eigenvalue weighted by molar-refractivity contribution is 5.38. The van der Waals surface area contributed by atoms with Crippen LogP contribution in [0.4, 0.5) is 4.39 Å². The second-order valence-electron chi connectivity index (χ2n) is 5.36. The van der Waals surface area contributed by atoms with Crippen molar-refractivity contribution in [2.75, 3.05) is 6.54 Å². The number of rotatable bonds is 4. The van der Waals surface area contributed by atoms with Crippen molar-refractivity contribution >= 4 is 0 Å². The van der Waals surface area contributed by atoms with E-state index in [9.17, 15) is 4.39 Å². The molecule has 2 aromatic rings. The fraction of sp³-hybridized carbons (Fsp3) is 0.333. The van der Waals surface area contributed by atoms with E-state index in [0.29, 0.717) is 5.56 Å². The lowest BCUT2D eigenvalue weighted by Crippen LogP contribution is -2.23. The highest BCUT2D eigenvalue weighted by Crippen LogP contribution is 2.26. The highest BCUT2D eigenvalue weighted by atomic mass is 19.1. The smallest absolute Gasteiger partial charge is 0.128 e. The Bertz CT molecular complexity index is 604.